The van der Waals surface area contributed by atoms with E-state index in [2.05, 4.69) is 27.1 Å². The summed E-state index contributed by atoms with van der Waals surface area (Å²) in [6.07, 6.45) is 3.95. The first kappa shape index (κ1) is 19.7. The molecule has 0 bridgehead atoms. The van der Waals surface area contributed by atoms with E-state index < -0.39 is 0 Å². The number of fused-ring (bicyclic) bond motifs is 1. The Morgan fingerprint density at radius 1 is 1.38 bits per heavy atom. The average Bonchev–Trinajstić information content (AvgIpc) is 3.11. The summed E-state index contributed by atoms with van der Waals surface area (Å²) >= 11 is 1.41. The number of anilines is 1. The standard InChI is InChI=1S/C21H25N5O2S/c1-14-5-4-8-25(9-14)10-16-12-29-21(23-16)24-18(27)11-26-13-22-19-15(2)6-3-7-17(19)20(26)28/h3,6-7,12-14H,4-5,8-11H2,1-2H3,(H,23,24,27). The minimum absolute atomic E-state index is 0.0890. The number of aromatic nitrogens is 3. The van der Waals surface area contributed by atoms with Crippen molar-refractivity contribution in [3.05, 3.63) is 51.5 Å². The number of amides is 1. The molecule has 8 heteroatoms. The van der Waals surface area contributed by atoms with Crippen molar-refractivity contribution in [3.63, 3.8) is 0 Å². The van der Waals surface area contributed by atoms with Crippen molar-refractivity contribution >= 4 is 33.3 Å². The maximum atomic E-state index is 12.6. The molecule has 1 aliphatic rings. The summed E-state index contributed by atoms with van der Waals surface area (Å²) in [5.74, 6) is 0.438. The van der Waals surface area contributed by atoms with Crippen LogP contribution in [0.4, 0.5) is 5.13 Å². The Morgan fingerprint density at radius 2 is 2.24 bits per heavy atom. The van der Waals surface area contributed by atoms with Gasteiger partial charge < -0.3 is 5.32 Å². The summed E-state index contributed by atoms with van der Waals surface area (Å²) < 4.78 is 1.33. The molecule has 3 aromatic rings. The second kappa shape index (κ2) is 8.42. The van der Waals surface area contributed by atoms with E-state index in [4.69, 9.17) is 0 Å². The quantitative estimate of drug-likeness (QED) is 0.698. The molecule has 2 aromatic heterocycles. The number of hydrogen-bond donors (Lipinski definition) is 1. The molecular weight excluding hydrogens is 386 g/mol. The molecule has 0 aliphatic carbocycles. The van der Waals surface area contributed by atoms with E-state index in [1.807, 2.05) is 24.4 Å². The van der Waals surface area contributed by atoms with Crippen LogP contribution in [0.15, 0.2) is 34.7 Å². The number of thiazole rings is 1. The van der Waals surface area contributed by atoms with Gasteiger partial charge in [0.2, 0.25) is 5.91 Å². The molecule has 1 amide bonds. The van der Waals surface area contributed by atoms with Crippen LogP contribution in [-0.2, 0) is 17.9 Å². The summed E-state index contributed by atoms with van der Waals surface area (Å²) in [6, 6.07) is 5.47. The fourth-order valence-electron chi connectivity index (χ4n) is 3.86. The molecule has 1 N–H and O–H groups in total. The van der Waals surface area contributed by atoms with Gasteiger partial charge in [0, 0.05) is 18.5 Å². The third-order valence-corrected chi connectivity index (χ3v) is 6.10. The van der Waals surface area contributed by atoms with Crippen molar-refractivity contribution in [3.8, 4) is 0 Å². The van der Waals surface area contributed by atoms with Crippen molar-refractivity contribution in [2.24, 2.45) is 5.92 Å². The lowest BCUT2D eigenvalue weighted by Gasteiger charge is -2.30. The van der Waals surface area contributed by atoms with E-state index in [1.54, 1.807) is 6.07 Å². The zero-order valence-corrected chi connectivity index (χ0v) is 17.5. The molecule has 29 heavy (non-hydrogen) atoms. The molecule has 3 heterocycles. The number of rotatable bonds is 5. The van der Waals surface area contributed by atoms with Crippen LogP contribution in [-0.4, -0.2) is 38.4 Å². The van der Waals surface area contributed by atoms with Crippen molar-refractivity contribution in [2.75, 3.05) is 18.4 Å². The fourth-order valence-corrected chi connectivity index (χ4v) is 4.58. The van der Waals surface area contributed by atoms with Crippen molar-refractivity contribution in [2.45, 2.75) is 39.8 Å². The van der Waals surface area contributed by atoms with Gasteiger partial charge in [-0.05, 0) is 43.9 Å². The van der Waals surface area contributed by atoms with Crippen LogP contribution >= 0.6 is 11.3 Å². The zero-order chi connectivity index (χ0) is 20.4. The highest BCUT2D eigenvalue weighted by atomic mass is 32.1. The van der Waals surface area contributed by atoms with Crippen LogP contribution in [0.3, 0.4) is 0 Å². The Kier molecular flexibility index (Phi) is 5.73. The Bertz CT molecular complexity index is 1090. The first-order chi connectivity index (χ1) is 14.0. The fraction of sp³-hybridized carbons (Fsp3) is 0.429. The van der Waals surface area contributed by atoms with E-state index >= 15 is 0 Å². The molecule has 0 spiro atoms. The smallest absolute Gasteiger partial charge is 0.261 e. The number of nitrogens with one attached hydrogen (secondary N) is 1. The van der Waals surface area contributed by atoms with Gasteiger partial charge in [-0.1, -0.05) is 19.1 Å². The Hall–Kier alpha value is -2.58. The number of carbonyl (C=O) groups excluding carboxylic acids is 1. The molecule has 7 nitrogen and oxygen atoms in total. The summed E-state index contributed by atoms with van der Waals surface area (Å²) in [5, 5.41) is 5.88. The molecule has 1 unspecified atom stereocenters. The maximum Gasteiger partial charge on any atom is 0.261 e. The third-order valence-electron chi connectivity index (χ3n) is 5.29. The number of nitrogens with zero attached hydrogens (tertiary/aromatic N) is 4. The molecule has 0 saturated carbocycles. The highest BCUT2D eigenvalue weighted by Crippen LogP contribution is 2.21. The van der Waals surface area contributed by atoms with Crippen LogP contribution in [0, 0.1) is 12.8 Å². The summed E-state index contributed by atoms with van der Waals surface area (Å²) in [4.78, 5) is 36.4. The molecule has 1 atom stereocenters. The first-order valence-corrected chi connectivity index (χ1v) is 10.8. The minimum Gasteiger partial charge on any atom is -0.300 e. The van der Waals surface area contributed by atoms with Crippen LogP contribution in [0.2, 0.25) is 0 Å². The maximum absolute atomic E-state index is 12.6. The topological polar surface area (TPSA) is 80.1 Å². The van der Waals surface area contributed by atoms with E-state index in [0.29, 0.717) is 16.0 Å². The summed E-state index contributed by atoms with van der Waals surface area (Å²) in [7, 11) is 0. The predicted octanol–water partition coefficient (Wildman–Crippen LogP) is 3.03. The lowest BCUT2D eigenvalue weighted by molar-refractivity contribution is -0.116. The van der Waals surface area contributed by atoms with Gasteiger partial charge in [0.15, 0.2) is 5.13 Å². The highest BCUT2D eigenvalue weighted by Gasteiger charge is 2.18. The number of piperidine rings is 1. The molecule has 1 aliphatic heterocycles. The van der Waals surface area contributed by atoms with Gasteiger partial charge in [0.1, 0.15) is 6.54 Å². The summed E-state index contributed by atoms with van der Waals surface area (Å²) in [6.45, 7) is 7.11. The molecule has 4 rings (SSSR count). The van der Waals surface area contributed by atoms with Gasteiger partial charge in [-0.2, -0.15) is 0 Å². The number of benzene rings is 1. The van der Waals surface area contributed by atoms with Gasteiger partial charge in [-0.3, -0.25) is 19.1 Å². The van der Waals surface area contributed by atoms with Crippen LogP contribution in [0.25, 0.3) is 10.9 Å². The molecule has 1 fully saturated rings. The molecule has 152 valence electrons. The van der Waals surface area contributed by atoms with Gasteiger partial charge in [-0.15, -0.1) is 11.3 Å². The van der Waals surface area contributed by atoms with Crippen LogP contribution in [0.1, 0.15) is 31.0 Å². The van der Waals surface area contributed by atoms with Gasteiger partial charge in [0.05, 0.1) is 22.9 Å². The number of aryl methyl sites for hydroxylation is 1. The third kappa shape index (κ3) is 4.54. The molecule has 0 radical (unpaired) electrons. The van der Waals surface area contributed by atoms with Crippen LogP contribution in [0.5, 0.6) is 0 Å². The number of carbonyl (C=O) groups is 1. The normalized spacial score (nSPS) is 17.5. The van der Waals surface area contributed by atoms with Crippen molar-refractivity contribution in [1.29, 1.82) is 0 Å². The van der Waals surface area contributed by atoms with E-state index in [0.717, 1.165) is 36.8 Å². The summed E-state index contributed by atoms with van der Waals surface area (Å²) in [5.41, 5.74) is 2.37. The lowest BCUT2D eigenvalue weighted by Crippen LogP contribution is -2.33. The van der Waals surface area contributed by atoms with E-state index in [1.165, 1.54) is 35.1 Å². The number of hydrogen-bond acceptors (Lipinski definition) is 6. The van der Waals surface area contributed by atoms with E-state index in [9.17, 15) is 9.59 Å². The van der Waals surface area contributed by atoms with Gasteiger partial charge in [-0.25, -0.2) is 9.97 Å². The van der Waals surface area contributed by atoms with Gasteiger partial charge >= 0.3 is 0 Å². The van der Waals surface area contributed by atoms with Crippen LogP contribution < -0.4 is 10.9 Å². The second-order valence-electron chi connectivity index (χ2n) is 7.82. The van der Waals surface area contributed by atoms with Crippen molar-refractivity contribution < 1.29 is 4.79 Å². The lowest BCUT2D eigenvalue weighted by atomic mass is 10.0. The second-order valence-corrected chi connectivity index (χ2v) is 8.68. The van der Waals surface area contributed by atoms with Gasteiger partial charge in [0.25, 0.3) is 5.56 Å². The number of likely N-dealkylation sites (tertiary alicyclic amines) is 1. The Labute approximate surface area is 173 Å². The number of para-hydroxylation sites is 1. The average molecular weight is 412 g/mol. The first-order valence-electron chi connectivity index (χ1n) is 9.91. The SMILES string of the molecule is Cc1cccc2c(=O)n(CC(=O)Nc3nc(CN4CCCC(C)C4)cs3)cnc12. The molecule has 1 saturated heterocycles. The Balaban J connectivity index is 1.40. The largest absolute Gasteiger partial charge is 0.300 e. The van der Waals surface area contributed by atoms with Crippen molar-refractivity contribution in [1.82, 2.24) is 19.4 Å². The van der Waals surface area contributed by atoms with E-state index in [-0.39, 0.29) is 18.0 Å². The molecule has 1 aromatic carbocycles. The highest BCUT2D eigenvalue weighted by molar-refractivity contribution is 7.13. The zero-order valence-electron chi connectivity index (χ0n) is 16.7. The predicted molar refractivity (Wildman–Crippen MR) is 115 cm³/mol. The monoisotopic (exact) mass is 411 g/mol. The molecular formula is C21H25N5O2S. The Morgan fingerprint density at radius 3 is 3.07 bits per heavy atom. The minimum atomic E-state index is -0.284.